The molecule has 0 aliphatic carbocycles. The smallest absolute Gasteiger partial charge is 0.217 e. The third kappa shape index (κ3) is 2.94. The van der Waals surface area contributed by atoms with Crippen molar-refractivity contribution >= 4 is 42.3 Å². The summed E-state index contributed by atoms with van der Waals surface area (Å²) in [5.41, 5.74) is -1.17. The van der Waals surface area contributed by atoms with E-state index in [4.69, 9.17) is 10.7 Å². The maximum Gasteiger partial charge on any atom is 0.281 e. The molecular formula is C6H2ClF3INO2S. The highest BCUT2D eigenvalue weighted by molar-refractivity contribution is 14.1. The predicted octanol–water partition coefficient (Wildman–Crippen LogP) is 2.69. The van der Waals surface area contributed by atoms with Crippen LogP contribution in [0.2, 0.25) is 0 Å². The van der Waals surface area contributed by atoms with E-state index in [0.717, 1.165) is 0 Å². The van der Waals surface area contributed by atoms with Crippen LogP contribution in [0.25, 0.3) is 0 Å². The average Bonchev–Trinajstić information content (AvgIpc) is 1.99. The lowest BCUT2D eigenvalue weighted by Gasteiger charge is -2.06. The van der Waals surface area contributed by atoms with Gasteiger partial charge in [0.05, 0.1) is 0 Å². The third-order valence-corrected chi connectivity index (χ3v) is 3.97. The highest BCUT2D eigenvalue weighted by Crippen LogP contribution is 2.31. The number of rotatable bonds is 2. The molecule has 9 heteroatoms. The van der Waals surface area contributed by atoms with Gasteiger partial charge in [0.25, 0.3) is 15.5 Å². The summed E-state index contributed by atoms with van der Waals surface area (Å²) >= 11 is 1.39. The van der Waals surface area contributed by atoms with Gasteiger partial charge >= 0.3 is 0 Å². The normalized spacial score (nSPS) is 12.1. The van der Waals surface area contributed by atoms with Gasteiger partial charge in [-0.15, -0.1) is 0 Å². The lowest BCUT2D eigenvalue weighted by atomic mass is 10.3. The van der Waals surface area contributed by atoms with Crippen LogP contribution in [0.15, 0.2) is 11.0 Å². The molecule has 1 aromatic rings. The van der Waals surface area contributed by atoms with Gasteiger partial charge < -0.3 is 0 Å². The van der Waals surface area contributed by atoms with E-state index < -0.39 is 32.0 Å². The molecule has 15 heavy (non-hydrogen) atoms. The van der Waals surface area contributed by atoms with Gasteiger partial charge in [-0.1, -0.05) is 0 Å². The number of aromatic nitrogens is 1. The van der Waals surface area contributed by atoms with Crippen LogP contribution in [-0.4, -0.2) is 13.4 Å². The van der Waals surface area contributed by atoms with Crippen molar-refractivity contribution in [3.05, 3.63) is 21.3 Å². The molecule has 0 bridgehead atoms. The topological polar surface area (TPSA) is 47.0 Å². The van der Waals surface area contributed by atoms with Gasteiger partial charge in [0.2, 0.25) is 5.95 Å². The van der Waals surface area contributed by atoms with E-state index in [1.54, 1.807) is 0 Å². The van der Waals surface area contributed by atoms with Gasteiger partial charge in [0.15, 0.2) is 0 Å². The Morgan fingerprint density at radius 1 is 1.47 bits per heavy atom. The van der Waals surface area contributed by atoms with Crippen LogP contribution < -0.4 is 0 Å². The Balaban J connectivity index is 3.62. The maximum absolute atomic E-state index is 12.7. The molecule has 0 saturated heterocycles. The van der Waals surface area contributed by atoms with Crippen LogP contribution in [0.1, 0.15) is 12.1 Å². The first-order valence-corrected chi connectivity index (χ1v) is 6.71. The first-order chi connectivity index (χ1) is 6.73. The summed E-state index contributed by atoms with van der Waals surface area (Å²) in [6, 6.07) is 0.710. The first-order valence-electron chi connectivity index (χ1n) is 3.32. The number of halogens is 5. The molecule has 0 aromatic carbocycles. The van der Waals surface area contributed by atoms with E-state index in [0.29, 0.717) is 6.07 Å². The Morgan fingerprint density at radius 2 is 2.00 bits per heavy atom. The zero-order valence-corrected chi connectivity index (χ0v) is 10.4. The zero-order chi connectivity index (χ0) is 11.8. The highest BCUT2D eigenvalue weighted by Gasteiger charge is 2.27. The van der Waals surface area contributed by atoms with E-state index in [1.807, 2.05) is 0 Å². The standard InChI is InChI=1S/C6H2ClF3INO2S/c7-15(13,14)5-2(11)1-3(8)12-4(5)6(9)10/h1,6H. The SMILES string of the molecule is O=S(=O)(Cl)c1c(I)cc(F)nc1C(F)F. The van der Waals surface area contributed by atoms with Crippen molar-refractivity contribution in [2.24, 2.45) is 0 Å². The minimum absolute atomic E-state index is 0.231. The summed E-state index contributed by atoms with van der Waals surface area (Å²) in [4.78, 5) is 1.97. The minimum Gasteiger partial charge on any atom is -0.217 e. The van der Waals surface area contributed by atoms with Crippen LogP contribution in [0.4, 0.5) is 13.2 Å². The molecule has 0 fully saturated rings. The zero-order valence-electron chi connectivity index (χ0n) is 6.72. The Bertz CT molecular complexity index is 493. The summed E-state index contributed by atoms with van der Waals surface area (Å²) in [6.07, 6.45) is -3.21. The molecule has 1 aromatic heterocycles. The first kappa shape index (κ1) is 13.0. The predicted molar refractivity (Wildman–Crippen MR) is 54.9 cm³/mol. The molecule has 0 amide bonds. The average molecular weight is 372 g/mol. The van der Waals surface area contributed by atoms with Crippen molar-refractivity contribution in [1.82, 2.24) is 4.98 Å². The van der Waals surface area contributed by atoms with E-state index in [-0.39, 0.29) is 3.57 Å². The third-order valence-electron chi connectivity index (χ3n) is 1.37. The molecule has 0 aliphatic rings. The molecule has 0 unspecified atom stereocenters. The van der Waals surface area contributed by atoms with Crippen LogP contribution >= 0.6 is 33.3 Å². The molecule has 1 rings (SSSR count). The second kappa shape index (κ2) is 4.42. The van der Waals surface area contributed by atoms with Gasteiger partial charge in [-0.2, -0.15) is 4.39 Å². The molecule has 0 atom stereocenters. The number of hydrogen-bond donors (Lipinski definition) is 0. The van der Waals surface area contributed by atoms with Gasteiger partial charge in [-0.05, 0) is 22.6 Å². The van der Waals surface area contributed by atoms with Crippen molar-refractivity contribution in [3.8, 4) is 0 Å². The van der Waals surface area contributed by atoms with Crippen LogP contribution in [0.3, 0.4) is 0 Å². The Labute approximate surface area is 101 Å². The van der Waals surface area contributed by atoms with Crippen LogP contribution in [0.5, 0.6) is 0 Å². The Hall–Kier alpha value is -0.0900. The molecule has 0 N–H and O–H groups in total. The van der Waals surface area contributed by atoms with Gasteiger partial charge in [0, 0.05) is 20.3 Å². The maximum atomic E-state index is 12.7. The molecule has 0 spiro atoms. The summed E-state index contributed by atoms with van der Waals surface area (Å²) in [5, 5.41) is 0. The van der Waals surface area contributed by atoms with Gasteiger partial charge in [-0.3, -0.25) is 0 Å². The van der Waals surface area contributed by atoms with E-state index in [2.05, 4.69) is 4.98 Å². The monoisotopic (exact) mass is 371 g/mol. The largest absolute Gasteiger partial charge is 0.281 e. The van der Waals surface area contributed by atoms with Crippen molar-refractivity contribution < 1.29 is 21.6 Å². The van der Waals surface area contributed by atoms with Crippen molar-refractivity contribution in [2.75, 3.05) is 0 Å². The summed E-state index contributed by atoms with van der Waals surface area (Å²) < 4.78 is 59.1. The number of alkyl halides is 2. The van der Waals surface area contributed by atoms with E-state index >= 15 is 0 Å². The summed E-state index contributed by atoms with van der Waals surface area (Å²) in [7, 11) is 0.567. The quantitative estimate of drug-likeness (QED) is 0.456. The van der Waals surface area contributed by atoms with E-state index in [9.17, 15) is 21.6 Å². The van der Waals surface area contributed by atoms with Crippen molar-refractivity contribution in [2.45, 2.75) is 11.3 Å². The summed E-state index contributed by atoms with van der Waals surface area (Å²) in [5.74, 6) is -1.18. The number of nitrogens with zero attached hydrogens (tertiary/aromatic N) is 1. The molecule has 0 aliphatic heterocycles. The fourth-order valence-corrected chi connectivity index (χ4v) is 3.84. The van der Waals surface area contributed by atoms with Crippen molar-refractivity contribution in [3.63, 3.8) is 0 Å². The summed E-state index contributed by atoms with van der Waals surface area (Å²) in [6.45, 7) is 0. The molecule has 0 saturated carbocycles. The Kier molecular flexibility index (Phi) is 3.82. The Morgan fingerprint density at radius 3 is 2.40 bits per heavy atom. The lowest BCUT2D eigenvalue weighted by Crippen LogP contribution is -2.06. The van der Waals surface area contributed by atoms with Crippen molar-refractivity contribution in [1.29, 1.82) is 0 Å². The molecule has 84 valence electrons. The van der Waals surface area contributed by atoms with Gasteiger partial charge in [-0.25, -0.2) is 22.2 Å². The minimum atomic E-state index is -4.37. The highest BCUT2D eigenvalue weighted by atomic mass is 127. The second-order valence-electron chi connectivity index (χ2n) is 2.38. The number of hydrogen-bond acceptors (Lipinski definition) is 3. The second-order valence-corrected chi connectivity index (χ2v) is 6.04. The molecule has 1 heterocycles. The molecule has 3 nitrogen and oxygen atoms in total. The molecular weight excluding hydrogens is 369 g/mol. The fourth-order valence-electron chi connectivity index (χ4n) is 0.880. The fraction of sp³-hybridized carbons (Fsp3) is 0.167. The lowest BCUT2D eigenvalue weighted by molar-refractivity contribution is 0.140. The number of pyridine rings is 1. The van der Waals surface area contributed by atoms with Crippen LogP contribution in [-0.2, 0) is 9.05 Å². The van der Waals surface area contributed by atoms with Gasteiger partial charge in [0.1, 0.15) is 10.6 Å². The molecule has 0 radical (unpaired) electrons. The van der Waals surface area contributed by atoms with E-state index in [1.165, 1.54) is 22.6 Å². The van der Waals surface area contributed by atoms with Crippen LogP contribution in [0, 0.1) is 9.52 Å².